The maximum absolute atomic E-state index is 6.25. The molecule has 1 heterocycles. The van der Waals surface area contributed by atoms with Crippen molar-refractivity contribution in [2.75, 3.05) is 4.90 Å². The number of rotatable bonds is 8. The van der Waals surface area contributed by atoms with Gasteiger partial charge in [-0.05, 0) is 133 Å². The van der Waals surface area contributed by atoms with Crippen molar-refractivity contribution in [2.24, 2.45) is 0 Å². The highest BCUT2D eigenvalue weighted by Gasteiger charge is 2.16. The van der Waals surface area contributed by atoms with Gasteiger partial charge < -0.3 is 9.32 Å². The topological polar surface area (TPSA) is 16.4 Å². The maximum Gasteiger partial charge on any atom is 0.136 e. The quantitative estimate of drug-likeness (QED) is 0.153. The molecule has 0 aliphatic heterocycles. The number of benzene rings is 10. The van der Waals surface area contributed by atoms with Gasteiger partial charge in [0, 0.05) is 27.8 Å². The number of anilines is 3. The summed E-state index contributed by atoms with van der Waals surface area (Å²) in [6.07, 6.45) is 0. The Morgan fingerprint density at radius 2 is 0.767 bits per heavy atom. The zero-order valence-corrected chi connectivity index (χ0v) is 32.9. The van der Waals surface area contributed by atoms with Crippen molar-refractivity contribution in [3.8, 4) is 55.6 Å². The Balaban J connectivity index is 0.975. The molecule has 1 aromatic heterocycles. The molecule has 2 nitrogen and oxygen atoms in total. The van der Waals surface area contributed by atoms with E-state index in [9.17, 15) is 0 Å². The molecule has 282 valence electrons. The van der Waals surface area contributed by atoms with E-state index < -0.39 is 0 Å². The minimum Gasteiger partial charge on any atom is -0.456 e. The van der Waals surface area contributed by atoms with Crippen LogP contribution in [0.2, 0.25) is 0 Å². The summed E-state index contributed by atoms with van der Waals surface area (Å²) in [5, 5.41) is 4.78. The molecule has 0 saturated heterocycles. The summed E-state index contributed by atoms with van der Waals surface area (Å²) < 4.78 is 6.25. The minimum atomic E-state index is 0.898. The van der Waals surface area contributed by atoms with Crippen molar-refractivity contribution >= 4 is 49.8 Å². The average Bonchev–Trinajstić information content (AvgIpc) is 3.70. The van der Waals surface area contributed by atoms with Crippen molar-refractivity contribution in [1.82, 2.24) is 0 Å². The highest BCUT2D eigenvalue weighted by atomic mass is 16.3. The van der Waals surface area contributed by atoms with Gasteiger partial charge in [0.1, 0.15) is 11.2 Å². The Labute approximate surface area is 349 Å². The lowest BCUT2D eigenvalue weighted by Crippen LogP contribution is -2.10. The van der Waals surface area contributed by atoms with Gasteiger partial charge in [-0.15, -0.1) is 0 Å². The fraction of sp³-hybridized carbons (Fsp3) is 0. The summed E-state index contributed by atoms with van der Waals surface area (Å²) in [6, 6.07) is 84.9. The molecule has 10 aromatic carbocycles. The van der Waals surface area contributed by atoms with Crippen LogP contribution in [0, 0.1) is 0 Å². The summed E-state index contributed by atoms with van der Waals surface area (Å²) in [5.74, 6) is 0. The van der Waals surface area contributed by atoms with E-state index in [1.54, 1.807) is 0 Å². The smallest absolute Gasteiger partial charge is 0.136 e. The third-order valence-corrected chi connectivity index (χ3v) is 11.7. The Morgan fingerprint density at radius 1 is 0.250 bits per heavy atom. The molecule has 11 rings (SSSR count). The zero-order chi connectivity index (χ0) is 39.8. The second-order valence-electron chi connectivity index (χ2n) is 15.3. The number of hydrogen-bond acceptors (Lipinski definition) is 2. The summed E-state index contributed by atoms with van der Waals surface area (Å²) in [5.41, 5.74) is 16.8. The fourth-order valence-corrected chi connectivity index (χ4v) is 8.62. The van der Waals surface area contributed by atoms with Crippen molar-refractivity contribution < 1.29 is 4.42 Å². The van der Waals surface area contributed by atoms with E-state index >= 15 is 0 Å². The number of fused-ring (bicyclic) bond motifs is 4. The van der Waals surface area contributed by atoms with Crippen LogP contribution in [-0.4, -0.2) is 0 Å². The highest BCUT2D eigenvalue weighted by molar-refractivity contribution is 6.06. The van der Waals surface area contributed by atoms with Crippen LogP contribution >= 0.6 is 0 Å². The van der Waals surface area contributed by atoms with Crippen LogP contribution in [0.4, 0.5) is 17.1 Å². The molecule has 0 N–H and O–H groups in total. The summed E-state index contributed by atoms with van der Waals surface area (Å²) in [6.45, 7) is 0. The zero-order valence-electron chi connectivity index (χ0n) is 32.9. The average molecular weight is 766 g/mol. The normalized spacial score (nSPS) is 11.3. The fourth-order valence-electron chi connectivity index (χ4n) is 8.62. The summed E-state index contributed by atoms with van der Waals surface area (Å²) >= 11 is 0. The third kappa shape index (κ3) is 6.61. The van der Waals surface area contributed by atoms with E-state index in [0.29, 0.717) is 0 Å². The molecule has 0 aliphatic rings. The second kappa shape index (κ2) is 15.1. The van der Waals surface area contributed by atoms with Crippen molar-refractivity contribution in [2.45, 2.75) is 0 Å². The van der Waals surface area contributed by atoms with E-state index in [1.807, 2.05) is 12.1 Å². The molecule has 0 amide bonds. The Kier molecular flexibility index (Phi) is 8.87. The second-order valence-corrected chi connectivity index (χ2v) is 15.3. The SMILES string of the molecule is c1ccc(-c2ccccc2-c2cccc(N(c3ccc(-c4cccc(-c5ccc6ccccc6c5)c4)cc3)c3ccc(-c4ccc5c(c4)oc4ccccc45)cc3)c2)cc1. The lowest BCUT2D eigenvalue weighted by Gasteiger charge is -2.26. The number of furan rings is 1. The third-order valence-electron chi connectivity index (χ3n) is 11.7. The predicted molar refractivity (Wildman–Crippen MR) is 253 cm³/mol. The molecule has 0 spiro atoms. The molecule has 0 fully saturated rings. The van der Waals surface area contributed by atoms with Gasteiger partial charge >= 0.3 is 0 Å². The minimum absolute atomic E-state index is 0.898. The molecule has 60 heavy (non-hydrogen) atoms. The van der Waals surface area contributed by atoms with Gasteiger partial charge in [-0.25, -0.2) is 0 Å². The number of hydrogen-bond donors (Lipinski definition) is 0. The van der Waals surface area contributed by atoms with Crippen LogP contribution in [-0.2, 0) is 0 Å². The molecular weight excluding hydrogens is 727 g/mol. The molecule has 0 aliphatic carbocycles. The van der Waals surface area contributed by atoms with Crippen molar-refractivity contribution in [3.05, 3.63) is 237 Å². The van der Waals surface area contributed by atoms with Crippen LogP contribution < -0.4 is 4.90 Å². The lowest BCUT2D eigenvalue weighted by molar-refractivity contribution is 0.669. The first-order chi connectivity index (χ1) is 29.7. The summed E-state index contributed by atoms with van der Waals surface area (Å²) in [4.78, 5) is 2.36. The van der Waals surface area contributed by atoms with Crippen LogP contribution in [0.5, 0.6) is 0 Å². The van der Waals surface area contributed by atoms with Crippen molar-refractivity contribution in [1.29, 1.82) is 0 Å². The number of para-hydroxylation sites is 1. The largest absolute Gasteiger partial charge is 0.456 e. The molecule has 2 heteroatoms. The van der Waals surface area contributed by atoms with Crippen molar-refractivity contribution in [3.63, 3.8) is 0 Å². The van der Waals surface area contributed by atoms with E-state index in [-0.39, 0.29) is 0 Å². The molecule has 0 bridgehead atoms. The van der Waals surface area contributed by atoms with E-state index in [1.165, 1.54) is 49.7 Å². The van der Waals surface area contributed by atoms with Crippen LogP contribution in [0.25, 0.3) is 88.3 Å². The first-order valence-corrected chi connectivity index (χ1v) is 20.5. The Morgan fingerprint density at radius 3 is 1.53 bits per heavy atom. The van der Waals surface area contributed by atoms with Gasteiger partial charge in [0.05, 0.1) is 0 Å². The molecule has 11 aromatic rings. The molecular formula is C58H39NO. The van der Waals surface area contributed by atoms with Gasteiger partial charge in [-0.3, -0.25) is 0 Å². The van der Waals surface area contributed by atoms with Gasteiger partial charge in [0.15, 0.2) is 0 Å². The predicted octanol–water partition coefficient (Wildman–Crippen LogP) is 16.5. The van der Waals surface area contributed by atoms with Gasteiger partial charge in [0.25, 0.3) is 0 Å². The molecule has 0 atom stereocenters. The van der Waals surface area contributed by atoms with E-state index in [0.717, 1.165) is 55.7 Å². The van der Waals surface area contributed by atoms with Gasteiger partial charge in [-0.1, -0.05) is 170 Å². The first kappa shape index (κ1) is 35.2. The number of nitrogens with zero attached hydrogens (tertiary/aromatic N) is 1. The Hall–Kier alpha value is -7.94. The van der Waals surface area contributed by atoms with Gasteiger partial charge in [-0.2, -0.15) is 0 Å². The van der Waals surface area contributed by atoms with E-state index in [4.69, 9.17) is 4.42 Å². The molecule has 0 saturated carbocycles. The molecule has 0 unspecified atom stereocenters. The summed E-state index contributed by atoms with van der Waals surface area (Å²) in [7, 11) is 0. The molecule has 0 radical (unpaired) electrons. The maximum atomic E-state index is 6.25. The monoisotopic (exact) mass is 765 g/mol. The van der Waals surface area contributed by atoms with Crippen LogP contribution in [0.1, 0.15) is 0 Å². The first-order valence-electron chi connectivity index (χ1n) is 20.5. The standard InChI is InChI=1S/C58H39NO/c1-2-13-43(14-3-1)53-20-6-7-21-54(53)49-18-11-19-52(38-49)59(51-33-28-42(29-34-51)48-30-35-56-55-22-8-9-23-57(55)60-58(56)39-48)50-31-26-41(27-32-50)45-16-10-17-46(36-45)47-25-24-40-12-4-5-15-44(40)37-47/h1-39H. The lowest BCUT2D eigenvalue weighted by atomic mass is 9.94. The van der Waals surface area contributed by atoms with Crippen LogP contribution in [0.15, 0.2) is 241 Å². The van der Waals surface area contributed by atoms with E-state index in [2.05, 4.69) is 229 Å². The highest BCUT2D eigenvalue weighted by Crippen LogP contribution is 2.41. The Bertz CT molecular complexity index is 3310. The van der Waals surface area contributed by atoms with Crippen LogP contribution in [0.3, 0.4) is 0 Å². The van der Waals surface area contributed by atoms with Gasteiger partial charge in [0.2, 0.25) is 0 Å².